The van der Waals surface area contributed by atoms with Crippen LogP contribution in [0.2, 0.25) is 5.02 Å². The molecular weight excluding hydrogens is 250 g/mol. The van der Waals surface area contributed by atoms with Gasteiger partial charge in [-0.1, -0.05) is 36.6 Å². The largest absolute Gasteiger partial charge is 0.274 e. The standard InChI is InChI=1S/C14H16ClNS/c15-12-7-5-10(6-8-12)14-16-13-4-2-1-3-11(13)9-17-14/h5-8,11,13H,1-4,9H2/t11-,13-/m1/s1. The van der Waals surface area contributed by atoms with Crippen LogP contribution in [0.15, 0.2) is 29.3 Å². The Morgan fingerprint density at radius 3 is 2.71 bits per heavy atom. The number of hydrogen-bond donors (Lipinski definition) is 0. The highest BCUT2D eigenvalue weighted by Gasteiger charge is 2.29. The average Bonchev–Trinajstić information content (AvgIpc) is 2.39. The maximum atomic E-state index is 5.91. The van der Waals surface area contributed by atoms with Gasteiger partial charge in [-0.15, -0.1) is 11.8 Å². The summed E-state index contributed by atoms with van der Waals surface area (Å²) < 4.78 is 0. The molecule has 2 atom stereocenters. The molecule has 17 heavy (non-hydrogen) atoms. The van der Waals surface area contributed by atoms with Gasteiger partial charge in [-0.3, -0.25) is 4.99 Å². The van der Waals surface area contributed by atoms with E-state index in [2.05, 4.69) is 12.1 Å². The first-order chi connectivity index (χ1) is 8.33. The predicted molar refractivity (Wildman–Crippen MR) is 76.2 cm³/mol. The highest BCUT2D eigenvalue weighted by Crippen LogP contribution is 2.35. The van der Waals surface area contributed by atoms with Gasteiger partial charge in [0.25, 0.3) is 0 Å². The summed E-state index contributed by atoms with van der Waals surface area (Å²) in [7, 11) is 0. The highest BCUT2D eigenvalue weighted by atomic mass is 35.5. The van der Waals surface area contributed by atoms with E-state index >= 15 is 0 Å². The Kier molecular flexibility index (Phi) is 3.44. The zero-order valence-corrected chi connectivity index (χ0v) is 11.3. The number of rotatable bonds is 1. The van der Waals surface area contributed by atoms with Crippen LogP contribution in [0.5, 0.6) is 0 Å². The second-order valence-electron chi connectivity index (χ2n) is 4.86. The molecule has 3 rings (SSSR count). The molecule has 0 unspecified atom stereocenters. The number of thioether (sulfide) groups is 1. The Bertz CT molecular complexity index is 426. The summed E-state index contributed by atoms with van der Waals surface area (Å²) in [4.78, 5) is 4.94. The summed E-state index contributed by atoms with van der Waals surface area (Å²) in [5.41, 5.74) is 1.23. The van der Waals surface area contributed by atoms with Crippen molar-refractivity contribution in [3.05, 3.63) is 34.9 Å². The van der Waals surface area contributed by atoms with Crippen molar-refractivity contribution in [2.75, 3.05) is 5.75 Å². The Balaban J connectivity index is 1.84. The van der Waals surface area contributed by atoms with Crippen molar-refractivity contribution >= 4 is 28.4 Å². The second kappa shape index (κ2) is 5.03. The van der Waals surface area contributed by atoms with Crippen LogP contribution in [0, 0.1) is 5.92 Å². The average molecular weight is 266 g/mol. The number of benzene rings is 1. The molecule has 1 aromatic rings. The summed E-state index contributed by atoms with van der Waals surface area (Å²) in [5.74, 6) is 2.07. The van der Waals surface area contributed by atoms with E-state index in [9.17, 15) is 0 Å². The van der Waals surface area contributed by atoms with Crippen LogP contribution < -0.4 is 0 Å². The fourth-order valence-electron chi connectivity index (χ4n) is 2.68. The Labute approximate surface area is 112 Å². The van der Waals surface area contributed by atoms with Crippen molar-refractivity contribution in [1.29, 1.82) is 0 Å². The Morgan fingerprint density at radius 1 is 1.12 bits per heavy atom. The molecule has 0 amide bonds. The maximum Gasteiger partial charge on any atom is 0.0980 e. The number of hydrogen-bond acceptors (Lipinski definition) is 2. The Morgan fingerprint density at radius 2 is 1.88 bits per heavy atom. The third-order valence-electron chi connectivity index (χ3n) is 3.68. The molecule has 3 heteroatoms. The van der Waals surface area contributed by atoms with E-state index in [1.54, 1.807) is 0 Å². The lowest BCUT2D eigenvalue weighted by Crippen LogP contribution is -2.30. The maximum absolute atomic E-state index is 5.91. The molecule has 1 aliphatic heterocycles. The van der Waals surface area contributed by atoms with Gasteiger partial charge in [-0.25, -0.2) is 0 Å². The molecule has 1 saturated carbocycles. The minimum Gasteiger partial charge on any atom is -0.274 e. The number of aliphatic imine (C=N–C) groups is 1. The van der Waals surface area contributed by atoms with Crippen molar-refractivity contribution in [1.82, 2.24) is 0 Å². The first kappa shape index (κ1) is 11.6. The second-order valence-corrected chi connectivity index (χ2v) is 6.31. The van der Waals surface area contributed by atoms with Gasteiger partial charge in [0.2, 0.25) is 0 Å². The molecule has 1 heterocycles. The molecule has 1 fully saturated rings. The lowest BCUT2D eigenvalue weighted by molar-refractivity contribution is 0.336. The topological polar surface area (TPSA) is 12.4 Å². The van der Waals surface area contributed by atoms with Crippen molar-refractivity contribution in [3.63, 3.8) is 0 Å². The number of fused-ring (bicyclic) bond motifs is 1. The van der Waals surface area contributed by atoms with Crippen molar-refractivity contribution in [3.8, 4) is 0 Å². The normalized spacial score (nSPS) is 28.4. The molecule has 0 aromatic heterocycles. The summed E-state index contributed by atoms with van der Waals surface area (Å²) in [6.45, 7) is 0. The van der Waals surface area contributed by atoms with Crippen molar-refractivity contribution in [2.45, 2.75) is 31.7 Å². The minimum atomic E-state index is 0.579. The van der Waals surface area contributed by atoms with Crippen LogP contribution in [-0.2, 0) is 0 Å². The smallest absolute Gasteiger partial charge is 0.0980 e. The molecule has 0 N–H and O–H groups in total. The van der Waals surface area contributed by atoms with Gasteiger partial charge in [0.1, 0.15) is 0 Å². The Hall–Kier alpha value is -0.470. The molecular formula is C14H16ClNS. The summed E-state index contributed by atoms with van der Waals surface area (Å²) in [6.07, 6.45) is 5.40. The van der Waals surface area contributed by atoms with Crippen LogP contribution in [0.1, 0.15) is 31.2 Å². The van der Waals surface area contributed by atoms with E-state index in [4.69, 9.17) is 16.6 Å². The van der Waals surface area contributed by atoms with Crippen LogP contribution in [0.25, 0.3) is 0 Å². The lowest BCUT2D eigenvalue weighted by Gasteiger charge is -2.32. The van der Waals surface area contributed by atoms with E-state index in [1.165, 1.54) is 42.0 Å². The molecule has 0 radical (unpaired) electrons. The number of nitrogens with zero attached hydrogens (tertiary/aromatic N) is 1. The molecule has 0 saturated heterocycles. The third-order valence-corrected chi connectivity index (χ3v) is 5.14. The molecule has 2 aliphatic rings. The zero-order valence-electron chi connectivity index (χ0n) is 9.73. The van der Waals surface area contributed by atoms with E-state index in [0.29, 0.717) is 6.04 Å². The van der Waals surface area contributed by atoms with E-state index in [0.717, 1.165) is 10.9 Å². The molecule has 1 nitrogen and oxygen atoms in total. The minimum absolute atomic E-state index is 0.579. The summed E-state index contributed by atoms with van der Waals surface area (Å²) in [5, 5.41) is 2.01. The zero-order chi connectivity index (χ0) is 11.7. The highest BCUT2D eigenvalue weighted by molar-refractivity contribution is 8.14. The molecule has 1 aliphatic carbocycles. The van der Waals surface area contributed by atoms with E-state index in [-0.39, 0.29) is 0 Å². The molecule has 0 spiro atoms. The van der Waals surface area contributed by atoms with E-state index < -0.39 is 0 Å². The van der Waals surface area contributed by atoms with Gasteiger partial charge >= 0.3 is 0 Å². The first-order valence-corrected chi connectivity index (χ1v) is 7.66. The van der Waals surface area contributed by atoms with Gasteiger partial charge < -0.3 is 0 Å². The van der Waals surface area contributed by atoms with Crippen LogP contribution in [-0.4, -0.2) is 16.8 Å². The summed E-state index contributed by atoms with van der Waals surface area (Å²) >= 11 is 7.83. The van der Waals surface area contributed by atoms with Gasteiger partial charge in [0.05, 0.1) is 11.1 Å². The van der Waals surface area contributed by atoms with Crippen LogP contribution in [0.3, 0.4) is 0 Å². The molecule has 90 valence electrons. The van der Waals surface area contributed by atoms with Gasteiger partial charge in [0, 0.05) is 16.3 Å². The predicted octanol–water partition coefficient (Wildman–Crippen LogP) is 4.39. The van der Waals surface area contributed by atoms with Gasteiger partial charge in [-0.2, -0.15) is 0 Å². The summed E-state index contributed by atoms with van der Waals surface area (Å²) in [6, 6.07) is 8.64. The first-order valence-electron chi connectivity index (χ1n) is 6.29. The van der Waals surface area contributed by atoms with Crippen molar-refractivity contribution in [2.24, 2.45) is 10.9 Å². The SMILES string of the molecule is Clc1ccc(C2=N[C@@H]3CCCC[C@@H]3CS2)cc1. The van der Waals surface area contributed by atoms with E-state index in [1.807, 2.05) is 23.9 Å². The number of halogens is 1. The fraction of sp³-hybridized carbons (Fsp3) is 0.500. The van der Waals surface area contributed by atoms with Crippen LogP contribution in [0.4, 0.5) is 0 Å². The van der Waals surface area contributed by atoms with Gasteiger partial charge in [0.15, 0.2) is 0 Å². The molecule has 1 aromatic carbocycles. The quantitative estimate of drug-likeness (QED) is 0.733. The lowest BCUT2D eigenvalue weighted by atomic mass is 9.86. The van der Waals surface area contributed by atoms with Crippen LogP contribution >= 0.6 is 23.4 Å². The monoisotopic (exact) mass is 265 g/mol. The molecule has 0 bridgehead atoms. The fourth-order valence-corrected chi connectivity index (χ4v) is 4.08. The third kappa shape index (κ3) is 2.53. The van der Waals surface area contributed by atoms with Crippen molar-refractivity contribution < 1.29 is 0 Å². The van der Waals surface area contributed by atoms with Gasteiger partial charge in [-0.05, 0) is 30.9 Å².